The molecule has 0 unspecified atom stereocenters. The zero-order valence-electron chi connectivity index (χ0n) is 49.0. The van der Waals surface area contributed by atoms with Crippen LogP contribution in [0, 0.1) is 29.2 Å². The maximum Gasteiger partial charge on any atom is 0.411 e. The minimum absolute atomic E-state index is 0.00279. The fourth-order valence-electron chi connectivity index (χ4n) is 12.4. The number of piperidine rings is 2. The van der Waals surface area contributed by atoms with Crippen LogP contribution in [0.2, 0.25) is 0 Å². The van der Waals surface area contributed by atoms with Crippen molar-refractivity contribution >= 4 is 46.4 Å². The lowest BCUT2D eigenvalue weighted by atomic mass is 9.83. The molecule has 5 aliphatic rings. The van der Waals surface area contributed by atoms with Gasteiger partial charge in [0.25, 0.3) is 17.4 Å². The molecule has 5 aromatic rings. The molecule has 0 radical (unpaired) electrons. The molecule has 5 heterocycles. The van der Waals surface area contributed by atoms with Crippen molar-refractivity contribution in [3.63, 3.8) is 0 Å². The third kappa shape index (κ3) is 14.9. The van der Waals surface area contributed by atoms with Gasteiger partial charge in [-0.05, 0) is 113 Å². The van der Waals surface area contributed by atoms with Gasteiger partial charge in [-0.2, -0.15) is 5.10 Å². The molecule has 22 heteroatoms. The maximum atomic E-state index is 15.6. The van der Waals surface area contributed by atoms with Gasteiger partial charge < -0.3 is 34.4 Å². The minimum atomic E-state index is -0.911. The van der Waals surface area contributed by atoms with Crippen LogP contribution in [-0.4, -0.2) is 178 Å². The molecule has 458 valence electrons. The minimum Gasteiger partial charge on any atom is -0.444 e. The number of benzene rings is 4. The maximum absolute atomic E-state index is 15.6. The van der Waals surface area contributed by atoms with Crippen LogP contribution in [0.25, 0.3) is 10.8 Å². The number of piperazine rings is 1. The number of amides is 6. The van der Waals surface area contributed by atoms with Gasteiger partial charge in [-0.3, -0.25) is 38.6 Å². The Morgan fingerprint density at radius 2 is 1.34 bits per heavy atom. The molecule has 6 amide bonds. The number of likely N-dealkylation sites (tertiary alicyclic amines) is 3. The number of H-pyrrole nitrogens is 1. The Kier molecular flexibility index (Phi) is 19.2. The van der Waals surface area contributed by atoms with Crippen LogP contribution in [0.1, 0.15) is 128 Å². The van der Waals surface area contributed by atoms with Crippen molar-refractivity contribution in [3.05, 3.63) is 146 Å². The Bertz CT molecular complexity index is 3380. The summed E-state index contributed by atoms with van der Waals surface area (Å²) < 4.78 is 71.2. The second kappa shape index (κ2) is 26.9. The quantitative estimate of drug-likeness (QED) is 0.0925. The molecule has 0 bridgehead atoms. The van der Waals surface area contributed by atoms with Crippen molar-refractivity contribution in [2.45, 2.75) is 121 Å². The SMILES string of the molecule is CC(C)(C)OC(=O)N(CC(=O)N1CC(c2ccc(F)c(C(=O)N[C@@H](C(=O)N3CCC(OC4CCN(CC(=O)N5CCN(C(=O)c6cc(Cc7n[nH]c(=O)c8ccccc78)ccc6F)CC5)CC4)CC3)C3CCCCC3)c2)C1)Cc1ccc(F)cc1F. The zero-order valence-corrected chi connectivity index (χ0v) is 49.0. The molecule has 2 N–H and O–H groups in total. The fraction of sp³-hybridized carbons (Fsp3) is 0.500. The summed E-state index contributed by atoms with van der Waals surface area (Å²) in [4.78, 5) is 104. The molecule has 86 heavy (non-hydrogen) atoms. The number of halogens is 4. The van der Waals surface area contributed by atoms with Gasteiger partial charge in [-0.25, -0.2) is 27.5 Å². The summed E-state index contributed by atoms with van der Waals surface area (Å²) in [6.07, 6.45) is 6.35. The van der Waals surface area contributed by atoms with Crippen LogP contribution < -0.4 is 10.9 Å². The van der Waals surface area contributed by atoms with E-state index >= 15 is 8.78 Å². The molecule has 5 fully saturated rings. The number of carbonyl (C=O) groups excluding carboxylic acids is 6. The summed E-state index contributed by atoms with van der Waals surface area (Å²) in [7, 11) is 0. The highest BCUT2D eigenvalue weighted by atomic mass is 19.1. The number of rotatable bonds is 16. The number of fused-ring (bicyclic) bond motifs is 1. The fourth-order valence-corrected chi connectivity index (χ4v) is 12.4. The predicted octanol–water partition coefficient (Wildman–Crippen LogP) is 7.57. The second-order valence-corrected chi connectivity index (χ2v) is 24.5. The third-order valence-corrected chi connectivity index (χ3v) is 17.3. The molecular formula is C64H75F4N9O9. The molecule has 0 spiro atoms. The first-order valence-corrected chi connectivity index (χ1v) is 30.0. The highest BCUT2D eigenvalue weighted by Crippen LogP contribution is 2.32. The molecule has 1 aliphatic carbocycles. The van der Waals surface area contributed by atoms with E-state index < -0.39 is 65.3 Å². The number of nitrogens with one attached hydrogen (secondary N) is 2. The first kappa shape index (κ1) is 61.4. The number of hydrogen-bond acceptors (Lipinski definition) is 11. The lowest BCUT2D eigenvalue weighted by Gasteiger charge is -2.41. The number of aromatic amines is 1. The molecule has 10 rings (SSSR count). The molecule has 1 aromatic heterocycles. The van der Waals surface area contributed by atoms with Crippen LogP contribution in [-0.2, 0) is 36.8 Å². The number of hydrogen-bond donors (Lipinski definition) is 2. The highest BCUT2D eigenvalue weighted by molar-refractivity contribution is 5.98. The van der Waals surface area contributed by atoms with Crippen molar-refractivity contribution in [3.8, 4) is 0 Å². The molecule has 4 aliphatic heterocycles. The predicted molar refractivity (Wildman–Crippen MR) is 311 cm³/mol. The van der Waals surface area contributed by atoms with Gasteiger partial charge in [-0.15, -0.1) is 0 Å². The number of carbonyl (C=O) groups is 6. The van der Waals surface area contributed by atoms with Crippen LogP contribution in [0.4, 0.5) is 22.4 Å². The van der Waals surface area contributed by atoms with Crippen molar-refractivity contribution in [2.75, 3.05) is 78.5 Å². The summed E-state index contributed by atoms with van der Waals surface area (Å²) in [6, 6.07) is 17.9. The Labute approximate surface area is 497 Å². The number of ether oxygens (including phenoxy) is 2. The topological polar surface area (TPSA) is 198 Å². The van der Waals surface area contributed by atoms with E-state index in [1.807, 2.05) is 6.07 Å². The smallest absolute Gasteiger partial charge is 0.411 e. The summed E-state index contributed by atoms with van der Waals surface area (Å²) in [6.45, 7) is 8.21. The molecular weight excluding hydrogens is 1110 g/mol. The van der Waals surface area contributed by atoms with Gasteiger partial charge in [0.2, 0.25) is 17.7 Å². The van der Waals surface area contributed by atoms with E-state index in [0.717, 1.165) is 55.9 Å². The van der Waals surface area contributed by atoms with Crippen LogP contribution in [0.15, 0.2) is 83.7 Å². The lowest BCUT2D eigenvalue weighted by molar-refractivity contribution is -0.140. The standard InChI is InChI=1S/C64H75F4N9O9/c1-64(2,3)86-63(84)77(35-43-14-16-45(65)34-54(43)68)39-57(79)76-36-44(37-76)42-15-18-52(66)50(33-42)59(80)69-58(41-9-5-4-6-10-41)62(83)74-25-21-47(22-26-74)85-46-19-23-72(24-20-46)38-56(78)73-27-29-75(30-28-73)61(82)51-31-40(13-17-53(51)67)32-55-48-11-7-8-12-49(48)60(81)71-70-55/h7-8,11-18,31,33-34,41,44,46-47,58H,4-6,9-10,19-30,32,35-39H2,1-3H3,(H,69,80)(H,71,81)/t58-/m1/s1. The van der Waals surface area contributed by atoms with E-state index in [2.05, 4.69) is 20.4 Å². The highest BCUT2D eigenvalue weighted by Gasteiger charge is 2.39. The van der Waals surface area contributed by atoms with Gasteiger partial charge in [0.05, 0.1) is 47.5 Å². The summed E-state index contributed by atoms with van der Waals surface area (Å²) in [5.74, 6) is -5.26. The molecule has 4 saturated heterocycles. The first-order valence-electron chi connectivity index (χ1n) is 30.0. The molecule has 1 saturated carbocycles. The van der Waals surface area contributed by atoms with Crippen molar-refractivity contribution in [2.24, 2.45) is 5.92 Å². The average molecular weight is 1190 g/mol. The van der Waals surface area contributed by atoms with E-state index in [9.17, 15) is 42.3 Å². The van der Waals surface area contributed by atoms with Gasteiger partial charge in [0, 0.05) is 94.8 Å². The van der Waals surface area contributed by atoms with Gasteiger partial charge in [0.15, 0.2) is 0 Å². The van der Waals surface area contributed by atoms with E-state index in [0.29, 0.717) is 85.8 Å². The van der Waals surface area contributed by atoms with Crippen molar-refractivity contribution < 1.29 is 55.8 Å². The van der Waals surface area contributed by atoms with Crippen molar-refractivity contribution in [1.82, 2.24) is 44.9 Å². The van der Waals surface area contributed by atoms with Crippen LogP contribution in [0.3, 0.4) is 0 Å². The Hall–Kier alpha value is -7.72. The average Bonchev–Trinajstić information content (AvgIpc) is 3.57. The van der Waals surface area contributed by atoms with Gasteiger partial charge in [-0.1, -0.05) is 55.7 Å². The molecule has 4 aromatic carbocycles. The van der Waals surface area contributed by atoms with Crippen molar-refractivity contribution in [1.29, 1.82) is 0 Å². The van der Waals surface area contributed by atoms with E-state index in [4.69, 9.17) is 9.47 Å². The second-order valence-electron chi connectivity index (χ2n) is 24.5. The Morgan fingerprint density at radius 3 is 2.02 bits per heavy atom. The largest absolute Gasteiger partial charge is 0.444 e. The van der Waals surface area contributed by atoms with Crippen LogP contribution in [0.5, 0.6) is 0 Å². The lowest BCUT2D eigenvalue weighted by Crippen LogP contribution is -2.55. The first-order chi connectivity index (χ1) is 41.2. The van der Waals surface area contributed by atoms with E-state index in [-0.39, 0.29) is 104 Å². The van der Waals surface area contributed by atoms with Gasteiger partial charge in [0.1, 0.15) is 41.5 Å². The molecule has 18 nitrogen and oxygen atoms in total. The normalized spacial score (nSPS) is 18.2. The summed E-state index contributed by atoms with van der Waals surface area (Å²) >= 11 is 0. The summed E-state index contributed by atoms with van der Waals surface area (Å²) in [5.41, 5.74) is 0.401. The zero-order chi connectivity index (χ0) is 60.8. The monoisotopic (exact) mass is 1190 g/mol. The van der Waals surface area contributed by atoms with E-state index in [1.165, 1.54) is 35.2 Å². The van der Waals surface area contributed by atoms with Gasteiger partial charge >= 0.3 is 6.09 Å². The molecule has 1 atom stereocenters. The number of nitrogens with zero attached hydrogens (tertiary/aromatic N) is 7. The van der Waals surface area contributed by atoms with Crippen LogP contribution >= 0.6 is 0 Å². The van der Waals surface area contributed by atoms with E-state index in [1.54, 1.807) is 65.8 Å². The third-order valence-electron chi connectivity index (χ3n) is 17.3. The number of aromatic nitrogens is 2. The Balaban J connectivity index is 0.663. The summed E-state index contributed by atoms with van der Waals surface area (Å²) in [5, 5.41) is 10.9. The Morgan fingerprint density at radius 1 is 0.686 bits per heavy atom.